The van der Waals surface area contributed by atoms with Gasteiger partial charge in [-0.05, 0) is 45.3 Å². The maximum atomic E-state index is 8.85. The smallest absolute Gasteiger partial charge is 0.162 e. The summed E-state index contributed by atoms with van der Waals surface area (Å²) < 4.78 is 0. The van der Waals surface area contributed by atoms with Crippen molar-refractivity contribution in [2.45, 2.75) is 6.04 Å². The van der Waals surface area contributed by atoms with Crippen LogP contribution in [0.1, 0.15) is 22.7 Å². The van der Waals surface area contributed by atoms with Crippen molar-refractivity contribution in [3.05, 3.63) is 64.1 Å². The van der Waals surface area contributed by atoms with Crippen molar-refractivity contribution in [1.82, 2.24) is 20.2 Å². The van der Waals surface area contributed by atoms with Gasteiger partial charge in [0.2, 0.25) is 0 Å². The molecule has 19 heavy (non-hydrogen) atoms. The van der Waals surface area contributed by atoms with E-state index in [4.69, 9.17) is 5.26 Å². The molecule has 6 heteroatoms. The van der Waals surface area contributed by atoms with E-state index in [0.29, 0.717) is 5.56 Å². The molecule has 0 aliphatic heterocycles. The van der Waals surface area contributed by atoms with Gasteiger partial charge in [-0.25, -0.2) is 0 Å². The van der Waals surface area contributed by atoms with Crippen LogP contribution < -0.4 is 0 Å². The molecule has 0 saturated carbocycles. The number of hydrogen-bond donors (Lipinski definition) is 0. The van der Waals surface area contributed by atoms with Crippen molar-refractivity contribution in [2.75, 3.05) is 0 Å². The highest BCUT2D eigenvalue weighted by molar-refractivity contribution is 7.08. The van der Waals surface area contributed by atoms with Gasteiger partial charge in [-0.3, -0.25) is 0 Å². The fourth-order valence-corrected chi connectivity index (χ4v) is 2.60. The van der Waals surface area contributed by atoms with Crippen LogP contribution in [0.15, 0.2) is 47.4 Å². The van der Waals surface area contributed by atoms with Crippen LogP contribution in [-0.2, 0) is 0 Å². The van der Waals surface area contributed by atoms with Crippen LogP contribution in [0.2, 0.25) is 0 Å². The Balaban J connectivity index is 2.07. The molecule has 0 N–H and O–H groups in total. The minimum atomic E-state index is -0.110. The molecule has 0 saturated heterocycles. The molecule has 2 aromatic heterocycles. The summed E-state index contributed by atoms with van der Waals surface area (Å²) in [5.74, 6) is 0. The summed E-state index contributed by atoms with van der Waals surface area (Å²) in [5, 5.41) is 24.8. The molecule has 1 aromatic carbocycles. The number of aromatic nitrogens is 4. The van der Waals surface area contributed by atoms with Crippen molar-refractivity contribution in [3.8, 4) is 6.07 Å². The van der Waals surface area contributed by atoms with E-state index in [1.807, 2.05) is 23.6 Å². The van der Waals surface area contributed by atoms with Crippen LogP contribution in [0.25, 0.3) is 0 Å². The summed E-state index contributed by atoms with van der Waals surface area (Å²) in [5.41, 5.74) is 2.77. The number of nitrogens with zero attached hydrogens (tertiary/aromatic N) is 5. The quantitative estimate of drug-likeness (QED) is 0.730. The van der Waals surface area contributed by atoms with E-state index >= 15 is 0 Å². The lowest BCUT2D eigenvalue weighted by Gasteiger charge is -2.14. The summed E-state index contributed by atoms with van der Waals surface area (Å²) in [4.78, 5) is 1.57. The summed E-state index contributed by atoms with van der Waals surface area (Å²) in [7, 11) is 0. The average molecular weight is 267 g/mol. The van der Waals surface area contributed by atoms with Crippen molar-refractivity contribution < 1.29 is 0 Å². The van der Waals surface area contributed by atoms with Crippen LogP contribution in [0, 0.1) is 11.3 Å². The van der Waals surface area contributed by atoms with E-state index in [9.17, 15) is 0 Å². The highest BCUT2D eigenvalue weighted by Gasteiger charge is 2.18. The number of tetrazole rings is 1. The summed E-state index contributed by atoms with van der Waals surface area (Å²) in [6.45, 7) is 0. The molecular weight excluding hydrogens is 258 g/mol. The Bertz CT molecular complexity index is 645. The molecule has 5 nitrogen and oxygen atoms in total. The molecular formula is C13H9N5S. The number of rotatable bonds is 3. The minimum Gasteiger partial charge on any atom is -0.192 e. The van der Waals surface area contributed by atoms with E-state index in [-0.39, 0.29) is 6.04 Å². The Kier molecular flexibility index (Phi) is 3.04. The van der Waals surface area contributed by atoms with E-state index in [0.717, 1.165) is 11.1 Å². The predicted octanol–water partition coefficient (Wildman–Crippen LogP) is 2.24. The highest BCUT2D eigenvalue weighted by atomic mass is 32.1. The standard InChI is InChI=1S/C13H9N5S/c14-7-10-1-3-11(4-2-10)13(12-5-6-19-8-12)18-16-9-15-17-18/h1-6,8-9,13H. The summed E-state index contributed by atoms with van der Waals surface area (Å²) >= 11 is 1.63. The van der Waals surface area contributed by atoms with Gasteiger partial charge in [0.05, 0.1) is 11.6 Å². The number of benzene rings is 1. The Morgan fingerprint density at radius 2 is 2.00 bits per heavy atom. The molecule has 2 heterocycles. The number of hydrogen-bond acceptors (Lipinski definition) is 5. The zero-order valence-electron chi connectivity index (χ0n) is 9.84. The fraction of sp³-hybridized carbons (Fsp3) is 0.0769. The largest absolute Gasteiger partial charge is 0.192 e. The van der Waals surface area contributed by atoms with Gasteiger partial charge in [0.25, 0.3) is 0 Å². The van der Waals surface area contributed by atoms with Crippen LogP contribution in [-0.4, -0.2) is 20.2 Å². The second-order valence-electron chi connectivity index (χ2n) is 3.95. The molecule has 1 atom stereocenters. The van der Waals surface area contributed by atoms with Gasteiger partial charge in [-0.2, -0.15) is 21.4 Å². The first-order valence-electron chi connectivity index (χ1n) is 5.63. The van der Waals surface area contributed by atoms with Gasteiger partial charge >= 0.3 is 0 Å². The van der Waals surface area contributed by atoms with Crippen molar-refractivity contribution >= 4 is 11.3 Å². The van der Waals surface area contributed by atoms with Crippen molar-refractivity contribution in [2.24, 2.45) is 0 Å². The Morgan fingerprint density at radius 3 is 2.58 bits per heavy atom. The van der Waals surface area contributed by atoms with Crippen LogP contribution in [0.5, 0.6) is 0 Å². The van der Waals surface area contributed by atoms with Gasteiger partial charge < -0.3 is 0 Å². The Morgan fingerprint density at radius 1 is 1.16 bits per heavy atom. The van der Waals surface area contributed by atoms with E-state index in [1.54, 1.807) is 28.3 Å². The molecule has 0 aliphatic carbocycles. The molecule has 0 amide bonds. The maximum absolute atomic E-state index is 8.85. The molecule has 0 radical (unpaired) electrons. The van der Waals surface area contributed by atoms with Crippen LogP contribution in [0.4, 0.5) is 0 Å². The van der Waals surface area contributed by atoms with Crippen LogP contribution >= 0.6 is 11.3 Å². The van der Waals surface area contributed by atoms with E-state index < -0.39 is 0 Å². The second-order valence-corrected chi connectivity index (χ2v) is 4.73. The molecule has 0 aliphatic rings. The van der Waals surface area contributed by atoms with Gasteiger partial charge in [0, 0.05) is 0 Å². The highest BCUT2D eigenvalue weighted by Crippen LogP contribution is 2.26. The normalized spacial score (nSPS) is 11.9. The van der Waals surface area contributed by atoms with Gasteiger partial charge in [0.1, 0.15) is 6.04 Å². The van der Waals surface area contributed by atoms with Gasteiger partial charge in [-0.1, -0.05) is 12.1 Å². The third kappa shape index (κ3) is 2.23. The first-order chi connectivity index (χ1) is 9.38. The van der Waals surface area contributed by atoms with Crippen molar-refractivity contribution in [1.29, 1.82) is 5.26 Å². The van der Waals surface area contributed by atoms with E-state index in [2.05, 4.69) is 26.9 Å². The van der Waals surface area contributed by atoms with Crippen LogP contribution in [0.3, 0.4) is 0 Å². The lowest BCUT2D eigenvalue weighted by Crippen LogP contribution is -2.14. The van der Waals surface area contributed by atoms with E-state index in [1.165, 1.54) is 6.33 Å². The third-order valence-corrected chi connectivity index (χ3v) is 3.51. The topological polar surface area (TPSA) is 67.4 Å². The molecule has 0 bridgehead atoms. The fourth-order valence-electron chi connectivity index (χ4n) is 1.92. The molecule has 92 valence electrons. The molecule has 3 aromatic rings. The monoisotopic (exact) mass is 267 g/mol. The molecule has 0 spiro atoms. The summed E-state index contributed by atoms with van der Waals surface area (Å²) in [6, 6.07) is 11.5. The third-order valence-electron chi connectivity index (χ3n) is 2.81. The molecule has 1 unspecified atom stereocenters. The average Bonchev–Trinajstić information content (AvgIpc) is 3.13. The Hall–Kier alpha value is -2.52. The summed E-state index contributed by atoms with van der Waals surface area (Å²) in [6.07, 6.45) is 1.42. The molecule has 3 rings (SSSR count). The first-order valence-corrected chi connectivity index (χ1v) is 6.57. The zero-order chi connectivity index (χ0) is 13.1. The number of thiophene rings is 1. The molecule has 0 fully saturated rings. The zero-order valence-corrected chi connectivity index (χ0v) is 10.7. The second kappa shape index (κ2) is 5.00. The first kappa shape index (κ1) is 11.6. The maximum Gasteiger partial charge on any atom is 0.162 e. The van der Waals surface area contributed by atoms with Crippen molar-refractivity contribution in [3.63, 3.8) is 0 Å². The Labute approximate surface area is 113 Å². The lowest BCUT2D eigenvalue weighted by molar-refractivity contribution is 0.505. The lowest BCUT2D eigenvalue weighted by atomic mass is 10.0. The van der Waals surface area contributed by atoms with Gasteiger partial charge in [0.15, 0.2) is 6.33 Å². The SMILES string of the molecule is N#Cc1ccc(C(c2ccsc2)n2ncnn2)cc1. The predicted molar refractivity (Wildman–Crippen MR) is 70.5 cm³/mol. The number of nitriles is 1. The van der Waals surface area contributed by atoms with Gasteiger partial charge in [-0.15, -0.1) is 10.2 Å². The minimum absolute atomic E-state index is 0.110.